The van der Waals surface area contributed by atoms with Crippen molar-refractivity contribution in [1.82, 2.24) is 15.8 Å². The van der Waals surface area contributed by atoms with E-state index in [2.05, 4.69) is 15.8 Å². The summed E-state index contributed by atoms with van der Waals surface area (Å²) in [5, 5.41) is 28.3. The Kier molecular flexibility index (Phi) is 5.42. The van der Waals surface area contributed by atoms with E-state index < -0.39 is 40.1 Å². The lowest BCUT2D eigenvalue weighted by atomic mass is 10.0. The first kappa shape index (κ1) is 20.9. The largest absolute Gasteiger partial charge is 0.481 e. The maximum Gasteiger partial charge on any atom is 0.322 e. The third-order valence-corrected chi connectivity index (χ3v) is 6.08. The number of aromatic nitrogens is 1. The van der Waals surface area contributed by atoms with Crippen LogP contribution < -0.4 is 10.6 Å². The van der Waals surface area contributed by atoms with E-state index in [1.165, 1.54) is 0 Å². The van der Waals surface area contributed by atoms with Crippen molar-refractivity contribution >= 4 is 29.6 Å². The molecule has 0 spiro atoms. The molecule has 2 heterocycles. The molecule has 1 aromatic heterocycles. The van der Waals surface area contributed by atoms with E-state index in [1.807, 2.05) is 6.07 Å². The average molecular weight is 419 g/mol. The molecule has 2 unspecified atom stereocenters. The van der Waals surface area contributed by atoms with Gasteiger partial charge in [0.15, 0.2) is 4.99 Å². The Morgan fingerprint density at radius 3 is 2.45 bits per heavy atom. The fourth-order valence-corrected chi connectivity index (χ4v) is 5.08. The fourth-order valence-electron chi connectivity index (χ4n) is 3.39. The van der Waals surface area contributed by atoms with Crippen LogP contribution in [0.3, 0.4) is 0 Å². The van der Waals surface area contributed by atoms with E-state index in [1.54, 1.807) is 45.0 Å². The fraction of sp³-hybridized carbons (Fsp3) is 0.368. The Hall–Kier alpha value is -2.85. The highest BCUT2D eigenvalue weighted by Crippen LogP contribution is 2.45. The van der Waals surface area contributed by atoms with Crippen LogP contribution in [0.4, 0.5) is 0 Å². The summed E-state index contributed by atoms with van der Waals surface area (Å²) in [4.78, 5) is 34.8. The molecule has 3 rings (SSSR count). The number of amides is 1. The SMILES string of the molecule is Cc1onc(-c2ccccc2)c1C(=O)NC1(CC(=O)O)NC(C(=O)O)C(C)(C)S1. The van der Waals surface area contributed by atoms with E-state index in [9.17, 15) is 24.6 Å². The standard InChI is InChI=1S/C19H21N3O6S/c1-10-13(14(22-28-10)11-7-5-4-6-8-11)16(25)21-19(9-12(23)24)20-15(17(26)27)18(2,3)29-19/h4-8,15,20H,9H2,1-3H3,(H,21,25)(H,23,24)(H,26,27). The molecule has 0 aliphatic carbocycles. The Balaban J connectivity index is 1.97. The van der Waals surface area contributed by atoms with Crippen molar-refractivity contribution in [3.8, 4) is 11.3 Å². The van der Waals surface area contributed by atoms with Gasteiger partial charge in [0.25, 0.3) is 5.91 Å². The number of hydrogen-bond donors (Lipinski definition) is 4. The summed E-state index contributed by atoms with van der Waals surface area (Å²) in [6.45, 7) is 4.94. The number of carboxylic acid groups (broad SMARTS) is 2. The zero-order valence-corrected chi connectivity index (χ0v) is 16.9. The third-order valence-electron chi connectivity index (χ3n) is 4.61. The number of carbonyl (C=O) groups excluding carboxylic acids is 1. The van der Waals surface area contributed by atoms with E-state index in [0.717, 1.165) is 11.8 Å². The predicted octanol–water partition coefficient (Wildman–Crippen LogP) is 2.08. The number of carbonyl (C=O) groups is 3. The number of aliphatic carboxylic acids is 2. The Labute approximate surface area is 170 Å². The summed E-state index contributed by atoms with van der Waals surface area (Å²) in [7, 11) is 0. The van der Waals surface area contributed by atoms with Gasteiger partial charge in [-0.15, -0.1) is 11.8 Å². The van der Waals surface area contributed by atoms with E-state index in [-0.39, 0.29) is 11.3 Å². The van der Waals surface area contributed by atoms with Crippen LogP contribution in [0.15, 0.2) is 34.9 Å². The van der Waals surface area contributed by atoms with Crippen LogP contribution in [-0.4, -0.2) is 49.0 Å². The van der Waals surface area contributed by atoms with Gasteiger partial charge in [0.2, 0.25) is 0 Å². The average Bonchev–Trinajstić information content (AvgIpc) is 3.12. The number of hydrogen-bond acceptors (Lipinski definition) is 7. The Bertz CT molecular complexity index is 958. The van der Waals surface area contributed by atoms with Gasteiger partial charge in [-0.1, -0.05) is 35.5 Å². The van der Waals surface area contributed by atoms with Crippen molar-refractivity contribution in [2.75, 3.05) is 0 Å². The minimum atomic E-state index is -1.51. The van der Waals surface area contributed by atoms with Gasteiger partial charge in [-0.05, 0) is 20.8 Å². The quantitative estimate of drug-likeness (QED) is 0.553. The molecule has 9 nitrogen and oxygen atoms in total. The smallest absolute Gasteiger partial charge is 0.322 e. The number of carboxylic acids is 2. The van der Waals surface area contributed by atoms with Crippen molar-refractivity contribution in [3.63, 3.8) is 0 Å². The van der Waals surface area contributed by atoms with Gasteiger partial charge in [0.05, 0.1) is 6.42 Å². The molecule has 0 bridgehead atoms. The number of benzene rings is 1. The molecular formula is C19H21N3O6S. The number of rotatable bonds is 6. The monoisotopic (exact) mass is 419 g/mol. The van der Waals surface area contributed by atoms with E-state index in [4.69, 9.17) is 4.52 Å². The van der Waals surface area contributed by atoms with Crippen LogP contribution in [0.2, 0.25) is 0 Å². The summed E-state index contributed by atoms with van der Waals surface area (Å²) in [6, 6.07) is 7.90. The molecule has 1 aliphatic heterocycles. The molecule has 4 N–H and O–H groups in total. The minimum Gasteiger partial charge on any atom is -0.481 e. The summed E-state index contributed by atoms with van der Waals surface area (Å²) in [5.41, 5.74) is 1.15. The lowest BCUT2D eigenvalue weighted by molar-refractivity contribution is -0.142. The van der Waals surface area contributed by atoms with Crippen LogP contribution in [-0.2, 0) is 9.59 Å². The third kappa shape index (κ3) is 4.13. The second-order valence-electron chi connectivity index (χ2n) is 7.30. The number of thioether (sulfide) groups is 1. The van der Waals surface area contributed by atoms with Crippen molar-refractivity contribution in [2.24, 2.45) is 0 Å². The van der Waals surface area contributed by atoms with E-state index >= 15 is 0 Å². The lowest BCUT2D eigenvalue weighted by Crippen LogP contribution is -2.58. The predicted molar refractivity (Wildman–Crippen MR) is 105 cm³/mol. The molecule has 154 valence electrons. The Morgan fingerprint density at radius 2 is 1.90 bits per heavy atom. The first-order valence-corrected chi connectivity index (χ1v) is 9.63. The van der Waals surface area contributed by atoms with Crippen LogP contribution >= 0.6 is 11.8 Å². The van der Waals surface area contributed by atoms with Gasteiger partial charge >= 0.3 is 11.9 Å². The van der Waals surface area contributed by atoms with Gasteiger partial charge in [-0.3, -0.25) is 19.7 Å². The first-order chi connectivity index (χ1) is 13.5. The van der Waals surface area contributed by atoms with E-state index in [0.29, 0.717) is 11.3 Å². The molecule has 10 heteroatoms. The van der Waals surface area contributed by atoms with Gasteiger partial charge in [-0.25, -0.2) is 0 Å². The molecule has 0 radical (unpaired) electrons. The number of aryl methyl sites for hydroxylation is 1. The van der Waals surface area contributed by atoms with Crippen molar-refractivity contribution in [2.45, 2.75) is 43.0 Å². The molecule has 29 heavy (non-hydrogen) atoms. The summed E-state index contributed by atoms with van der Waals surface area (Å²) < 4.78 is 4.34. The van der Waals surface area contributed by atoms with Crippen LogP contribution in [0.25, 0.3) is 11.3 Å². The van der Waals surface area contributed by atoms with Crippen molar-refractivity contribution < 1.29 is 29.1 Å². The van der Waals surface area contributed by atoms with Crippen molar-refractivity contribution in [1.29, 1.82) is 0 Å². The molecule has 1 amide bonds. The van der Waals surface area contributed by atoms with Gasteiger partial charge in [-0.2, -0.15) is 0 Å². The van der Waals surface area contributed by atoms with Crippen LogP contribution in [0.5, 0.6) is 0 Å². The molecular weight excluding hydrogens is 398 g/mol. The number of nitrogens with zero attached hydrogens (tertiary/aromatic N) is 1. The van der Waals surface area contributed by atoms with Gasteiger partial charge in [0, 0.05) is 10.3 Å². The maximum absolute atomic E-state index is 13.1. The van der Waals surface area contributed by atoms with Gasteiger partial charge in [0.1, 0.15) is 23.1 Å². The zero-order valence-electron chi connectivity index (χ0n) is 16.1. The minimum absolute atomic E-state index is 0.167. The molecule has 1 aliphatic rings. The van der Waals surface area contributed by atoms with Crippen LogP contribution in [0, 0.1) is 6.92 Å². The lowest BCUT2D eigenvalue weighted by Gasteiger charge is -2.29. The Morgan fingerprint density at radius 1 is 1.24 bits per heavy atom. The normalized spacial score (nSPS) is 22.9. The molecule has 0 saturated carbocycles. The van der Waals surface area contributed by atoms with Crippen molar-refractivity contribution in [3.05, 3.63) is 41.7 Å². The summed E-state index contributed by atoms with van der Waals surface area (Å²) >= 11 is 1.06. The highest BCUT2D eigenvalue weighted by Gasteiger charge is 2.55. The maximum atomic E-state index is 13.1. The second-order valence-corrected chi connectivity index (χ2v) is 9.25. The zero-order chi connectivity index (χ0) is 21.4. The molecule has 1 aromatic carbocycles. The molecule has 1 fully saturated rings. The molecule has 2 atom stereocenters. The summed E-state index contributed by atoms with van der Waals surface area (Å²) in [5.74, 6) is -2.65. The highest BCUT2D eigenvalue weighted by molar-refractivity contribution is 8.02. The molecule has 1 saturated heterocycles. The molecule has 2 aromatic rings. The first-order valence-electron chi connectivity index (χ1n) is 8.81. The topological polar surface area (TPSA) is 142 Å². The number of nitrogens with one attached hydrogen (secondary N) is 2. The summed E-state index contributed by atoms with van der Waals surface area (Å²) in [6.07, 6.45) is -0.512. The second kappa shape index (κ2) is 7.53. The highest BCUT2D eigenvalue weighted by atomic mass is 32.2. The van der Waals surface area contributed by atoms with Crippen LogP contribution in [0.1, 0.15) is 36.4 Å². The van der Waals surface area contributed by atoms with Gasteiger partial charge < -0.3 is 20.1 Å².